The van der Waals surface area contributed by atoms with E-state index in [9.17, 15) is 14.7 Å². The first kappa shape index (κ1) is 17.9. The molecule has 0 aromatic heterocycles. The summed E-state index contributed by atoms with van der Waals surface area (Å²) < 4.78 is 10.3. The molecular weight excluding hydrogens is 326 g/mol. The van der Waals surface area contributed by atoms with E-state index in [1.807, 2.05) is 0 Å². The first-order valence-electron chi connectivity index (χ1n) is 7.20. The number of carboxylic acid groups (broad SMARTS) is 1. The van der Waals surface area contributed by atoms with Gasteiger partial charge in [-0.15, -0.1) is 5.75 Å². The molecular formula is C18H16NO6-. The molecule has 0 saturated heterocycles. The molecule has 2 aromatic rings. The molecule has 0 atom stereocenters. The van der Waals surface area contributed by atoms with Crippen molar-refractivity contribution in [2.24, 2.45) is 0 Å². The molecule has 0 saturated carbocycles. The van der Waals surface area contributed by atoms with Crippen LogP contribution in [0, 0.1) is 0 Å². The number of carbonyl (C=O) groups excluding carboxylic acids is 1. The molecule has 7 heteroatoms. The van der Waals surface area contributed by atoms with Crippen molar-refractivity contribution in [3.8, 4) is 17.2 Å². The minimum atomic E-state index is -1.29. The zero-order valence-electron chi connectivity index (χ0n) is 13.6. The van der Waals surface area contributed by atoms with Crippen molar-refractivity contribution in [1.29, 1.82) is 0 Å². The minimum absolute atomic E-state index is 0.0501. The number of amides is 1. The third-order valence-electron chi connectivity index (χ3n) is 3.31. The Morgan fingerprint density at radius 3 is 2.44 bits per heavy atom. The van der Waals surface area contributed by atoms with Crippen LogP contribution in [0.15, 0.2) is 42.5 Å². The van der Waals surface area contributed by atoms with Gasteiger partial charge in [-0.2, -0.15) is 0 Å². The van der Waals surface area contributed by atoms with Crippen LogP contribution in [0.2, 0.25) is 0 Å². The van der Waals surface area contributed by atoms with Gasteiger partial charge in [0.25, 0.3) is 0 Å². The van der Waals surface area contributed by atoms with E-state index in [-0.39, 0.29) is 11.3 Å². The van der Waals surface area contributed by atoms with Gasteiger partial charge in [0.1, 0.15) is 0 Å². The molecule has 0 aliphatic carbocycles. The summed E-state index contributed by atoms with van der Waals surface area (Å²) in [6.07, 6.45) is 2.79. The van der Waals surface area contributed by atoms with Gasteiger partial charge in [-0.05, 0) is 29.8 Å². The number of benzene rings is 2. The number of rotatable bonds is 6. The highest BCUT2D eigenvalue weighted by Gasteiger charge is 2.11. The summed E-state index contributed by atoms with van der Waals surface area (Å²) >= 11 is 0. The number of nitrogens with one attached hydrogen (secondary N) is 1. The zero-order valence-corrected chi connectivity index (χ0v) is 13.6. The molecule has 1 amide bonds. The van der Waals surface area contributed by atoms with Crippen molar-refractivity contribution in [2.45, 2.75) is 0 Å². The van der Waals surface area contributed by atoms with E-state index in [1.165, 1.54) is 32.4 Å². The normalized spacial score (nSPS) is 10.5. The second-order valence-corrected chi connectivity index (χ2v) is 4.95. The number of aromatic carboxylic acids is 1. The third-order valence-corrected chi connectivity index (χ3v) is 3.31. The Hall–Kier alpha value is -3.48. The standard InChI is InChI=1S/C18H17NO6/c1-24-15-7-3-11(9-16(15)25-2)4-8-17(21)19-14-6-5-12(20)10-13(14)18(22)23/h3-10,20H,1-2H3,(H,19,21)(H,22,23)/p-1/b8-4+. The Bertz CT molecular complexity index is 828. The number of hydrogen-bond donors (Lipinski definition) is 2. The lowest BCUT2D eigenvalue weighted by atomic mass is 10.1. The van der Waals surface area contributed by atoms with Crippen LogP contribution in [0.25, 0.3) is 6.08 Å². The van der Waals surface area contributed by atoms with Gasteiger partial charge in [-0.3, -0.25) is 4.79 Å². The highest BCUT2D eigenvalue weighted by Crippen LogP contribution is 2.28. The number of ether oxygens (including phenoxy) is 2. The van der Waals surface area contributed by atoms with Gasteiger partial charge < -0.3 is 25.0 Å². The smallest absolute Gasteiger partial charge is 0.337 e. The zero-order chi connectivity index (χ0) is 18.4. The van der Waals surface area contributed by atoms with Crippen LogP contribution >= 0.6 is 0 Å². The van der Waals surface area contributed by atoms with Crippen LogP contribution in [-0.4, -0.2) is 31.2 Å². The number of anilines is 1. The number of carbonyl (C=O) groups is 2. The van der Waals surface area contributed by atoms with E-state index in [0.717, 1.165) is 6.07 Å². The molecule has 0 heterocycles. The van der Waals surface area contributed by atoms with Crippen LogP contribution in [0.3, 0.4) is 0 Å². The fourth-order valence-corrected chi connectivity index (χ4v) is 2.11. The van der Waals surface area contributed by atoms with E-state index in [2.05, 4.69) is 5.32 Å². The van der Waals surface area contributed by atoms with E-state index < -0.39 is 17.6 Å². The second kappa shape index (κ2) is 7.87. The predicted octanol–water partition coefficient (Wildman–Crippen LogP) is 2.13. The Balaban J connectivity index is 2.15. The van der Waals surface area contributed by atoms with Crippen molar-refractivity contribution in [3.63, 3.8) is 0 Å². The lowest BCUT2D eigenvalue weighted by Gasteiger charge is -2.11. The number of hydrogen-bond acceptors (Lipinski definition) is 5. The lowest BCUT2D eigenvalue weighted by molar-refractivity contribution is -0.268. The van der Waals surface area contributed by atoms with E-state index >= 15 is 0 Å². The van der Waals surface area contributed by atoms with Gasteiger partial charge in [0.05, 0.1) is 25.5 Å². The quantitative estimate of drug-likeness (QED) is 0.779. The first-order chi connectivity index (χ1) is 11.9. The molecule has 0 fully saturated rings. The highest BCUT2D eigenvalue weighted by atomic mass is 16.5. The van der Waals surface area contributed by atoms with Crippen molar-refractivity contribution in [3.05, 3.63) is 53.6 Å². The average molecular weight is 342 g/mol. The molecule has 0 spiro atoms. The largest absolute Gasteiger partial charge is 0.872 e. The van der Waals surface area contributed by atoms with Crippen LogP contribution in [0.4, 0.5) is 5.69 Å². The lowest BCUT2D eigenvalue weighted by Crippen LogP contribution is -2.12. The van der Waals surface area contributed by atoms with Crippen molar-refractivity contribution in [2.75, 3.05) is 19.5 Å². The predicted molar refractivity (Wildman–Crippen MR) is 90.1 cm³/mol. The maximum atomic E-state index is 12.0. The highest BCUT2D eigenvalue weighted by molar-refractivity contribution is 6.06. The van der Waals surface area contributed by atoms with E-state index in [4.69, 9.17) is 14.6 Å². The third kappa shape index (κ3) is 4.51. The Labute approximate surface area is 144 Å². The fourth-order valence-electron chi connectivity index (χ4n) is 2.11. The second-order valence-electron chi connectivity index (χ2n) is 4.95. The monoisotopic (exact) mass is 342 g/mol. The molecule has 0 aliphatic rings. The SMILES string of the molecule is COc1ccc(/C=C/C(=O)Nc2ccc([O-])cc2C(=O)O)cc1OC. The summed E-state index contributed by atoms with van der Waals surface area (Å²) in [6, 6.07) is 8.52. The molecule has 7 nitrogen and oxygen atoms in total. The molecule has 0 aliphatic heterocycles. The van der Waals surface area contributed by atoms with Crippen molar-refractivity contribution in [1.82, 2.24) is 0 Å². The van der Waals surface area contributed by atoms with Gasteiger partial charge in [0, 0.05) is 6.08 Å². The van der Waals surface area contributed by atoms with Gasteiger partial charge >= 0.3 is 5.97 Å². The Morgan fingerprint density at radius 1 is 1.08 bits per heavy atom. The summed E-state index contributed by atoms with van der Waals surface area (Å²) in [5.74, 6) is -1.19. The topological polar surface area (TPSA) is 108 Å². The summed E-state index contributed by atoms with van der Waals surface area (Å²) in [5.41, 5.74) is 0.482. The molecule has 2 aromatic carbocycles. The summed E-state index contributed by atoms with van der Waals surface area (Å²) in [5, 5.41) is 22.8. The molecule has 0 unspecified atom stereocenters. The van der Waals surface area contributed by atoms with Gasteiger partial charge in [0.15, 0.2) is 11.5 Å². The molecule has 0 radical (unpaired) electrons. The minimum Gasteiger partial charge on any atom is -0.872 e. The fraction of sp³-hybridized carbons (Fsp3) is 0.111. The van der Waals surface area contributed by atoms with Gasteiger partial charge in [-0.1, -0.05) is 18.2 Å². The summed E-state index contributed by atoms with van der Waals surface area (Å²) in [6.45, 7) is 0. The van der Waals surface area contributed by atoms with Gasteiger partial charge in [0.2, 0.25) is 5.91 Å². The summed E-state index contributed by atoms with van der Waals surface area (Å²) in [7, 11) is 3.03. The molecule has 130 valence electrons. The van der Waals surface area contributed by atoms with Crippen molar-refractivity contribution < 1.29 is 29.3 Å². The number of methoxy groups -OCH3 is 2. The Morgan fingerprint density at radius 2 is 1.80 bits per heavy atom. The van der Waals surface area contributed by atoms with Crippen LogP contribution in [0.1, 0.15) is 15.9 Å². The molecule has 2 N–H and O–H groups in total. The summed E-state index contributed by atoms with van der Waals surface area (Å²) in [4.78, 5) is 23.1. The average Bonchev–Trinajstić information content (AvgIpc) is 2.61. The van der Waals surface area contributed by atoms with Crippen molar-refractivity contribution >= 4 is 23.6 Å². The molecule has 2 rings (SSSR count). The van der Waals surface area contributed by atoms with E-state index in [1.54, 1.807) is 24.3 Å². The van der Waals surface area contributed by atoms with Crippen LogP contribution in [0.5, 0.6) is 17.2 Å². The molecule has 0 bridgehead atoms. The van der Waals surface area contributed by atoms with Crippen LogP contribution in [-0.2, 0) is 4.79 Å². The first-order valence-corrected chi connectivity index (χ1v) is 7.20. The maximum absolute atomic E-state index is 12.0. The maximum Gasteiger partial charge on any atom is 0.337 e. The number of carboxylic acids is 1. The van der Waals surface area contributed by atoms with Crippen LogP contribution < -0.4 is 19.9 Å². The van der Waals surface area contributed by atoms with Gasteiger partial charge in [-0.25, -0.2) is 4.79 Å². The molecule has 25 heavy (non-hydrogen) atoms. The Kier molecular flexibility index (Phi) is 5.62. The van der Waals surface area contributed by atoms with E-state index in [0.29, 0.717) is 17.1 Å².